The van der Waals surface area contributed by atoms with Crippen molar-refractivity contribution in [1.29, 1.82) is 0 Å². The number of pyridine rings is 1. The molecule has 0 N–H and O–H groups in total. The maximum atomic E-state index is 12.5. The van der Waals surface area contributed by atoms with Gasteiger partial charge < -0.3 is 9.47 Å². The van der Waals surface area contributed by atoms with Gasteiger partial charge in [-0.15, -0.1) is 11.6 Å². The molecule has 5 nitrogen and oxygen atoms in total. The zero-order valence-electron chi connectivity index (χ0n) is 11.4. The second-order valence-electron chi connectivity index (χ2n) is 4.84. The zero-order valence-corrected chi connectivity index (χ0v) is 12.9. The SMILES string of the molecule is CC(CCl)S(=O)(=O)c1nccc2cc3c(cc12)OCCO3. The maximum Gasteiger partial charge on any atom is 0.199 e. The molecule has 1 unspecified atom stereocenters. The van der Waals surface area contributed by atoms with E-state index in [9.17, 15) is 8.42 Å². The lowest BCUT2D eigenvalue weighted by Crippen LogP contribution is -2.21. The fraction of sp³-hybridized carbons (Fsp3) is 0.357. The topological polar surface area (TPSA) is 65.5 Å². The molecule has 1 atom stereocenters. The Bertz CT molecular complexity index is 791. The largest absolute Gasteiger partial charge is 0.486 e. The first kappa shape index (κ1) is 14.4. The molecule has 0 radical (unpaired) electrons. The number of aromatic nitrogens is 1. The number of sulfone groups is 1. The minimum atomic E-state index is -3.58. The summed E-state index contributed by atoms with van der Waals surface area (Å²) in [6, 6.07) is 5.19. The molecule has 1 aromatic heterocycles. The van der Waals surface area contributed by atoms with Gasteiger partial charge in [0.1, 0.15) is 13.2 Å². The van der Waals surface area contributed by atoms with E-state index in [4.69, 9.17) is 21.1 Å². The van der Waals surface area contributed by atoms with E-state index >= 15 is 0 Å². The fourth-order valence-corrected chi connectivity index (χ4v) is 3.92. The van der Waals surface area contributed by atoms with Crippen LogP contribution in [0.1, 0.15) is 6.92 Å². The summed E-state index contributed by atoms with van der Waals surface area (Å²) in [6.07, 6.45) is 1.48. The van der Waals surface area contributed by atoms with E-state index in [1.807, 2.05) is 0 Å². The maximum absolute atomic E-state index is 12.5. The van der Waals surface area contributed by atoms with E-state index in [1.54, 1.807) is 25.1 Å². The lowest BCUT2D eigenvalue weighted by Gasteiger charge is -2.19. The summed E-state index contributed by atoms with van der Waals surface area (Å²) in [5, 5.41) is 0.601. The standard InChI is InChI=1S/C14H14ClNO4S/c1-9(8-15)21(17,18)14-11-7-13-12(19-4-5-20-13)6-10(11)2-3-16-14/h2-3,6-7,9H,4-5,8H2,1H3. The number of ether oxygens (including phenoxy) is 2. The molecule has 1 aliphatic heterocycles. The van der Waals surface area contributed by atoms with E-state index < -0.39 is 15.1 Å². The molecular formula is C14H14ClNO4S. The third kappa shape index (κ3) is 2.42. The molecule has 0 saturated heterocycles. The Hall–Kier alpha value is -1.53. The van der Waals surface area contributed by atoms with Gasteiger partial charge in [0.15, 0.2) is 26.4 Å². The highest BCUT2D eigenvalue weighted by Crippen LogP contribution is 2.36. The first-order valence-electron chi connectivity index (χ1n) is 6.52. The van der Waals surface area contributed by atoms with Crippen molar-refractivity contribution in [2.24, 2.45) is 0 Å². The average Bonchev–Trinajstić information content (AvgIpc) is 2.51. The van der Waals surface area contributed by atoms with E-state index in [0.29, 0.717) is 30.1 Å². The van der Waals surface area contributed by atoms with Gasteiger partial charge in [0.05, 0.1) is 5.25 Å². The number of halogens is 1. The normalized spacial score (nSPS) is 15.9. The highest BCUT2D eigenvalue weighted by atomic mass is 35.5. The van der Waals surface area contributed by atoms with Gasteiger partial charge in [-0.1, -0.05) is 0 Å². The van der Waals surface area contributed by atoms with Gasteiger partial charge in [-0.2, -0.15) is 0 Å². The minimum Gasteiger partial charge on any atom is -0.486 e. The van der Waals surface area contributed by atoms with Crippen molar-refractivity contribution in [1.82, 2.24) is 4.98 Å². The molecule has 0 saturated carbocycles. The van der Waals surface area contributed by atoms with Crippen LogP contribution in [0, 0.1) is 0 Å². The Balaban J connectivity index is 2.25. The summed E-state index contributed by atoms with van der Waals surface area (Å²) in [4.78, 5) is 4.05. The molecule has 0 bridgehead atoms. The van der Waals surface area contributed by atoms with Crippen LogP contribution in [0.4, 0.5) is 0 Å². The van der Waals surface area contributed by atoms with Crippen molar-refractivity contribution in [3.05, 3.63) is 24.4 Å². The van der Waals surface area contributed by atoms with Gasteiger partial charge in [0, 0.05) is 17.5 Å². The number of benzene rings is 1. The van der Waals surface area contributed by atoms with Crippen molar-refractivity contribution in [3.63, 3.8) is 0 Å². The minimum absolute atomic E-state index is 0.0188. The predicted molar refractivity (Wildman–Crippen MR) is 80.1 cm³/mol. The molecule has 3 rings (SSSR count). The molecule has 1 aliphatic rings. The molecule has 2 aromatic rings. The summed E-state index contributed by atoms with van der Waals surface area (Å²) in [5.41, 5.74) is 0. The number of rotatable bonds is 3. The average molecular weight is 328 g/mol. The van der Waals surface area contributed by atoms with E-state index in [2.05, 4.69) is 4.98 Å². The molecule has 0 aliphatic carbocycles. The van der Waals surface area contributed by atoms with E-state index in [1.165, 1.54) is 6.20 Å². The van der Waals surface area contributed by atoms with Crippen molar-refractivity contribution >= 4 is 32.2 Å². The highest BCUT2D eigenvalue weighted by molar-refractivity contribution is 7.92. The van der Waals surface area contributed by atoms with Crippen LogP contribution in [0.15, 0.2) is 29.4 Å². The van der Waals surface area contributed by atoms with Gasteiger partial charge in [-0.05, 0) is 30.5 Å². The van der Waals surface area contributed by atoms with Gasteiger partial charge in [-0.3, -0.25) is 0 Å². The summed E-state index contributed by atoms with van der Waals surface area (Å²) in [6.45, 7) is 2.50. The molecule has 0 spiro atoms. The van der Waals surface area contributed by atoms with Crippen LogP contribution in [0.5, 0.6) is 11.5 Å². The number of alkyl halides is 1. The Morgan fingerprint density at radius 1 is 1.29 bits per heavy atom. The van der Waals surface area contributed by atoms with Crippen molar-refractivity contribution in [2.45, 2.75) is 17.2 Å². The number of nitrogens with zero attached hydrogens (tertiary/aromatic N) is 1. The smallest absolute Gasteiger partial charge is 0.199 e. The van der Waals surface area contributed by atoms with Gasteiger partial charge in [-0.25, -0.2) is 13.4 Å². The summed E-state index contributed by atoms with van der Waals surface area (Å²) >= 11 is 5.70. The van der Waals surface area contributed by atoms with Crippen LogP contribution in [-0.4, -0.2) is 37.7 Å². The molecule has 1 aromatic carbocycles. The van der Waals surface area contributed by atoms with Crippen LogP contribution in [0.25, 0.3) is 10.8 Å². The van der Waals surface area contributed by atoms with Crippen LogP contribution < -0.4 is 9.47 Å². The number of fused-ring (bicyclic) bond motifs is 2. The second-order valence-corrected chi connectivity index (χ2v) is 7.43. The monoisotopic (exact) mass is 327 g/mol. The fourth-order valence-electron chi connectivity index (χ4n) is 2.18. The van der Waals surface area contributed by atoms with Gasteiger partial charge in [0.25, 0.3) is 0 Å². The number of hydrogen-bond acceptors (Lipinski definition) is 5. The van der Waals surface area contributed by atoms with Crippen LogP contribution in [0.2, 0.25) is 0 Å². The zero-order chi connectivity index (χ0) is 15.0. The first-order chi connectivity index (χ1) is 10.0. The Morgan fingerprint density at radius 2 is 1.95 bits per heavy atom. The second kappa shape index (κ2) is 5.35. The van der Waals surface area contributed by atoms with E-state index in [-0.39, 0.29) is 10.9 Å². The lowest BCUT2D eigenvalue weighted by molar-refractivity contribution is 0.172. The molecule has 112 valence electrons. The summed E-state index contributed by atoms with van der Waals surface area (Å²) in [7, 11) is -3.58. The third-order valence-electron chi connectivity index (χ3n) is 3.41. The molecule has 0 fully saturated rings. The van der Waals surface area contributed by atoms with E-state index in [0.717, 1.165) is 5.39 Å². The predicted octanol–water partition coefficient (Wildman–Crippen LogP) is 2.41. The molecule has 7 heteroatoms. The molecule has 0 amide bonds. The van der Waals surface area contributed by atoms with Crippen LogP contribution >= 0.6 is 11.6 Å². The third-order valence-corrected chi connectivity index (χ3v) is 6.14. The van der Waals surface area contributed by atoms with Crippen molar-refractivity contribution in [3.8, 4) is 11.5 Å². The lowest BCUT2D eigenvalue weighted by atomic mass is 10.1. The highest BCUT2D eigenvalue weighted by Gasteiger charge is 2.27. The van der Waals surface area contributed by atoms with Crippen LogP contribution in [0.3, 0.4) is 0 Å². The first-order valence-corrected chi connectivity index (χ1v) is 8.60. The summed E-state index contributed by atoms with van der Waals surface area (Å²) < 4.78 is 36.1. The quantitative estimate of drug-likeness (QED) is 0.810. The Morgan fingerprint density at radius 3 is 2.62 bits per heavy atom. The molecular weight excluding hydrogens is 314 g/mol. The number of hydrogen-bond donors (Lipinski definition) is 0. The van der Waals surface area contributed by atoms with Crippen LogP contribution in [-0.2, 0) is 9.84 Å². The molecule has 21 heavy (non-hydrogen) atoms. The molecule has 2 heterocycles. The van der Waals surface area contributed by atoms with Crippen molar-refractivity contribution < 1.29 is 17.9 Å². The Kier molecular flexibility index (Phi) is 3.67. The van der Waals surface area contributed by atoms with Gasteiger partial charge >= 0.3 is 0 Å². The Labute approximate surface area is 127 Å². The summed E-state index contributed by atoms with van der Waals surface area (Å²) in [5.74, 6) is 1.18. The van der Waals surface area contributed by atoms with Gasteiger partial charge in [0.2, 0.25) is 0 Å². The van der Waals surface area contributed by atoms with Crippen molar-refractivity contribution in [2.75, 3.05) is 19.1 Å².